The zero-order valence-corrected chi connectivity index (χ0v) is 30.4. The van der Waals surface area contributed by atoms with E-state index in [2.05, 4.69) is 0 Å². The van der Waals surface area contributed by atoms with Gasteiger partial charge in [-0.25, -0.2) is 4.90 Å². The number of phenolic OH excluding ortho intramolecular Hbond substituents is 1. The van der Waals surface area contributed by atoms with Crippen LogP contribution in [0, 0.1) is 29.1 Å². The minimum Gasteiger partial charge on any atom is -0.504 e. The molecule has 0 radical (unpaired) electrons. The second kappa shape index (κ2) is 13.4. The lowest BCUT2D eigenvalue weighted by Crippen LogP contribution is -2.48. The number of carbonyl (C=O) groups excluding carboxylic acids is 4. The van der Waals surface area contributed by atoms with E-state index in [0.717, 1.165) is 16.7 Å². The molecule has 4 aromatic carbocycles. The summed E-state index contributed by atoms with van der Waals surface area (Å²) in [5.41, 5.74) is 2.90. The molecule has 1 N–H and O–H groups in total. The molecular formula is C44H40N2O8. The van der Waals surface area contributed by atoms with Gasteiger partial charge in [0.25, 0.3) is 0 Å². The van der Waals surface area contributed by atoms with E-state index in [0.29, 0.717) is 34.9 Å². The van der Waals surface area contributed by atoms with Gasteiger partial charge in [0.1, 0.15) is 11.5 Å². The van der Waals surface area contributed by atoms with Crippen molar-refractivity contribution in [1.82, 2.24) is 0 Å². The molecule has 0 unspecified atom stereocenters. The van der Waals surface area contributed by atoms with Gasteiger partial charge in [-0.05, 0) is 91.4 Å². The monoisotopic (exact) mass is 724 g/mol. The SMILES string of the molecule is COc1ccc(OC)c(C=Cc2ccc(N3C(=O)[C@H]4[C@H](CC=C5[C@H]4C[C@H]4C(=O)N(c6ccccc6)C(=O)[C@@]4(C)[C@H]5c4ccc(OC)c(O)c4)C3=O)cc2)c1. The summed E-state index contributed by atoms with van der Waals surface area (Å²) in [6, 6.07) is 26.7. The van der Waals surface area contributed by atoms with Crippen LogP contribution in [-0.2, 0) is 19.2 Å². The van der Waals surface area contributed by atoms with Crippen LogP contribution >= 0.6 is 0 Å². The number of methoxy groups -OCH3 is 3. The Balaban J connectivity index is 1.14. The van der Waals surface area contributed by atoms with Gasteiger partial charge in [-0.3, -0.25) is 24.1 Å². The largest absolute Gasteiger partial charge is 0.504 e. The van der Waals surface area contributed by atoms with Crippen LogP contribution < -0.4 is 24.0 Å². The third-order valence-corrected chi connectivity index (χ3v) is 11.9. The molecule has 0 bridgehead atoms. The maximum atomic E-state index is 14.6. The number of hydrogen-bond donors (Lipinski definition) is 1. The van der Waals surface area contributed by atoms with Crippen molar-refractivity contribution in [3.8, 4) is 23.0 Å². The number of hydrogen-bond acceptors (Lipinski definition) is 8. The molecule has 54 heavy (non-hydrogen) atoms. The minimum atomic E-state index is -1.22. The Hall–Kier alpha value is -6.16. The van der Waals surface area contributed by atoms with Crippen molar-refractivity contribution in [3.63, 3.8) is 0 Å². The van der Waals surface area contributed by atoms with Gasteiger partial charge in [-0.1, -0.05) is 60.2 Å². The second-order valence-corrected chi connectivity index (χ2v) is 14.5. The summed E-state index contributed by atoms with van der Waals surface area (Å²) < 4.78 is 16.2. The second-order valence-electron chi connectivity index (χ2n) is 14.5. The average molecular weight is 725 g/mol. The van der Waals surface area contributed by atoms with E-state index in [1.807, 2.05) is 61.5 Å². The molecule has 0 aromatic heterocycles. The summed E-state index contributed by atoms with van der Waals surface area (Å²) in [5, 5.41) is 10.9. The lowest BCUT2D eigenvalue weighted by atomic mass is 9.51. The van der Waals surface area contributed by atoms with Crippen LogP contribution in [0.4, 0.5) is 11.4 Å². The fraction of sp³-hybridized carbons (Fsp3) is 0.273. The number of imide groups is 2. The van der Waals surface area contributed by atoms with Crippen molar-refractivity contribution in [3.05, 3.63) is 119 Å². The molecule has 3 fully saturated rings. The first kappa shape index (κ1) is 34.9. The number of carbonyl (C=O) groups is 4. The lowest BCUT2D eigenvalue weighted by molar-refractivity contribution is -0.131. The molecule has 274 valence electrons. The van der Waals surface area contributed by atoms with Crippen molar-refractivity contribution in [2.45, 2.75) is 25.7 Å². The topological polar surface area (TPSA) is 123 Å². The van der Waals surface area contributed by atoms with Crippen LogP contribution in [0.15, 0.2) is 103 Å². The van der Waals surface area contributed by atoms with E-state index in [-0.39, 0.29) is 41.5 Å². The number of fused-ring (bicyclic) bond motifs is 4. The maximum absolute atomic E-state index is 14.6. The molecule has 4 aromatic rings. The quantitative estimate of drug-likeness (QED) is 0.117. The molecule has 2 heterocycles. The van der Waals surface area contributed by atoms with Crippen molar-refractivity contribution >= 4 is 47.2 Å². The lowest BCUT2D eigenvalue weighted by Gasteiger charge is -2.49. The highest BCUT2D eigenvalue weighted by atomic mass is 16.5. The van der Waals surface area contributed by atoms with E-state index in [1.54, 1.807) is 68.8 Å². The van der Waals surface area contributed by atoms with Crippen molar-refractivity contribution < 1.29 is 38.5 Å². The number of anilines is 2. The fourth-order valence-electron chi connectivity index (χ4n) is 9.25. The number of para-hydroxylation sites is 1. The number of benzene rings is 4. The Morgan fingerprint density at radius 1 is 0.722 bits per heavy atom. The van der Waals surface area contributed by atoms with Gasteiger partial charge in [0.2, 0.25) is 23.6 Å². The first-order valence-corrected chi connectivity index (χ1v) is 18.0. The highest BCUT2D eigenvalue weighted by Gasteiger charge is 2.67. The predicted octanol–water partition coefficient (Wildman–Crippen LogP) is 7.02. The molecule has 4 amide bonds. The molecule has 10 heteroatoms. The number of rotatable bonds is 8. The van der Waals surface area contributed by atoms with E-state index in [9.17, 15) is 24.3 Å². The van der Waals surface area contributed by atoms with Crippen molar-refractivity contribution in [2.75, 3.05) is 31.1 Å². The van der Waals surface area contributed by atoms with E-state index >= 15 is 0 Å². The standard InChI is InChI=1S/C44H40N2O8/c1-44-34(41(49)46(43(44)51)28-8-6-5-7-9-28)24-33-31(39(44)27-14-20-37(54-4)35(47)23-27)18-19-32-38(33)42(50)45(40(32)48)29-15-11-25(12-16-29)10-13-26-22-30(52-2)17-21-36(26)53-3/h5-18,20-23,32-34,38-39,47H,19,24H2,1-4H3/t32-,33+,34-,38-,39-,44+/m0/s1. The van der Waals surface area contributed by atoms with Gasteiger partial charge in [0, 0.05) is 11.5 Å². The molecule has 0 spiro atoms. The van der Waals surface area contributed by atoms with E-state index in [1.165, 1.54) is 16.9 Å². The van der Waals surface area contributed by atoms with E-state index in [4.69, 9.17) is 14.2 Å². The van der Waals surface area contributed by atoms with Crippen molar-refractivity contribution in [2.24, 2.45) is 29.1 Å². The highest BCUT2D eigenvalue weighted by Crippen LogP contribution is 2.64. The Morgan fingerprint density at radius 3 is 2.11 bits per heavy atom. The summed E-state index contributed by atoms with van der Waals surface area (Å²) in [6.07, 6.45) is 6.37. The Labute approximate surface area is 313 Å². The van der Waals surface area contributed by atoms with Gasteiger partial charge in [-0.15, -0.1) is 0 Å². The molecule has 2 saturated heterocycles. The van der Waals surface area contributed by atoms with Gasteiger partial charge >= 0.3 is 0 Å². The number of aromatic hydroxyl groups is 1. The molecule has 2 aliphatic heterocycles. The van der Waals surface area contributed by atoms with Crippen LogP contribution in [0.1, 0.15) is 42.4 Å². The molecule has 6 atom stereocenters. The Bertz CT molecular complexity index is 2250. The number of amides is 4. The highest BCUT2D eigenvalue weighted by molar-refractivity contribution is 6.25. The average Bonchev–Trinajstić information content (AvgIpc) is 3.56. The number of allylic oxidation sites excluding steroid dienone is 2. The first-order chi connectivity index (χ1) is 26.1. The van der Waals surface area contributed by atoms with E-state index < -0.39 is 35.0 Å². The van der Waals surface area contributed by atoms with Crippen molar-refractivity contribution in [1.29, 1.82) is 0 Å². The number of nitrogens with zero attached hydrogens (tertiary/aromatic N) is 2. The summed E-state index contributed by atoms with van der Waals surface area (Å²) >= 11 is 0. The zero-order valence-electron chi connectivity index (χ0n) is 30.4. The summed E-state index contributed by atoms with van der Waals surface area (Å²) in [6.45, 7) is 1.82. The minimum absolute atomic E-state index is 0.0949. The Kier molecular flexibility index (Phi) is 8.63. The number of ether oxygens (including phenoxy) is 3. The molecule has 10 nitrogen and oxygen atoms in total. The van der Waals surface area contributed by atoms with Gasteiger partial charge in [0.05, 0.1) is 55.9 Å². The number of phenols is 1. The molecule has 8 rings (SSSR count). The van der Waals surface area contributed by atoms with Crippen LogP contribution in [0.3, 0.4) is 0 Å². The summed E-state index contributed by atoms with van der Waals surface area (Å²) in [7, 11) is 4.67. The molecular weight excluding hydrogens is 684 g/mol. The van der Waals surface area contributed by atoms with Gasteiger partial charge in [0.15, 0.2) is 11.5 Å². The van der Waals surface area contributed by atoms with Crippen LogP contribution in [0.25, 0.3) is 12.2 Å². The van der Waals surface area contributed by atoms with Crippen LogP contribution in [0.5, 0.6) is 23.0 Å². The predicted molar refractivity (Wildman–Crippen MR) is 203 cm³/mol. The van der Waals surface area contributed by atoms with Gasteiger partial charge in [-0.2, -0.15) is 0 Å². The molecule has 2 aliphatic carbocycles. The smallest absolute Gasteiger partial charge is 0.241 e. The molecule has 4 aliphatic rings. The zero-order chi connectivity index (χ0) is 37.9. The first-order valence-electron chi connectivity index (χ1n) is 18.0. The van der Waals surface area contributed by atoms with Gasteiger partial charge < -0.3 is 19.3 Å². The summed E-state index contributed by atoms with van der Waals surface area (Å²) in [4.78, 5) is 60.2. The third-order valence-electron chi connectivity index (χ3n) is 11.9. The summed E-state index contributed by atoms with van der Waals surface area (Å²) in [5.74, 6) is -2.92. The fourth-order valence-corrected chi connectivity index (χ4v) is 9.25. The normalized spacial score (nSPS) is 26.1. The van der Waals surface area contributed by atoms with Crippen LogP contribution in [-0.4, -0.2) is 50.1 Å². The molecule has 1 saturated carbocycles. The Morgan fingerprint density at radius 2 is 1.43 bits per heavy atom. The maximum Gasteiger partial charge on any atom is 0.241 e. The van der Waals surface area contributed by atoms with Crippen LogP contribution in [0.2, 0.25) is 0 Å². The third kappa shape index (κ3) is 5.30.